The molecular formula is C6H11N2OS. The molecule has 1 unspecified atom stereocenters. The minimum Gasteiger partial charge on any atom is -0.359 e. The van der Waals surface area contributed by atoms with Crippen molar-refractivity contribution in [3.05, 3.63) is 5.37 Å². The smallest absolute Gasteiger partial charge is 0.123 e. The van der Waals surface area contributed by atoms with Gasteiger partial charge in [0.05, 0.1) is 6.73 Å². The van der Waals surface area contributed by atoms with Gasteiger partial charge in [0.15, 0.2) is 0 Å². The second-order valence-electron chi connectivity index (χ2n) is 2.39. The summed E-state index contributed by atoms with van der Waals surface area (Å²) < 4.78 is 5.41. The lowest BCUT2D eigenvalue weighted by Gasteiger charge is -2.13. The summed E-state index contributed by atoms with van der Waals surface area (Å²) in [5, 5.41) is 7.78. The summed E-state index contributed by atoms with van der Waals surface area (Å²) in [6.45, 7) is 2.77. The van der Waals surface area contributed by atoms with E-state index in [1.165, 1.54) is 11.1 Å². The number of ether oxygens (including phenoxy) is 1. The van der Waals surface area contributed by atoms with Crippen LogP contribution in [0.1, 0.15) is 0 Å². The largest absolute Gasteiger partial charge is 0.359 e. The molecule has 1 radical (unpaired) electrons. The lowest BCUT2D eigenvalue weighted by atomic mass is 10.3. The van der Waals surface area contributed by atoms with Crippen LogP contribution in [0, 0.1) is 5.37 Å². The van der Waals surface area contributed by atoms with E-state index >= 15 is 0 Å². The molecule has 2 rings (SSSR count). The van der Waals surface area contributed by atoms with Crippen LogP contribution in [0.4, 0.5) is 0 Å². The first-order valence-corrected chi connectivity index (χ1v) is 4.51. The molecule has 0 aliphatic carbocycles. The summed E-state index contributed by atoms with van der Waals surface area (Å²) in [6.07, 6.45) is 0.312. The molecule has 2 aliphatic heterocycles. The Bertz CT molecular complexity index is 96.3. The van der Waals surface area contributed by atoms with Gasteiger partial charge in [0, 0.05) is 18.8 Å². The fourth-order valence-corrected chi connectivity index (χ4v) is 2.14. The predicted octanol–water partition coefficient (Wildman–Crippen LogP) is -0.242. The van der Waals surface area contributed by atoms with Crippen molar-refractivity contribution in [1.82, 2.24) is 10.6 Å². The van der Waals surface area contributed by atoms with Gasteiger partial charge in [0.2, 0.25) is 0 Å². The van der Waals surface area contributed by atoms with Crippen molar-refractivity contribution in [2.24, 2.45) is 0 Å². The van der Waals surface area contributed by atoms with E-state index < -0.39 is 0 Å². The molecule has 0 aromatic carbocycles. The zero-order valence-electron chi connectivity index (χ0n) is 5.72. The lowest BCUT2D eigenvalue weighted by Crippen LogP contribution is -2.28. The van der Waals surface area contributed by atoms with Crippen molar-refractivity contribution in [3.63, 3.8) is 0 Å². The van der Waals surface area contributed by atoms with E-state index in [1.54, 1.807) is 0 Å². The molecule has 2 heterocycles. The van der Waals surface area contributed by atoms with Gasteiger partial charge >= 0.3 is 0 Å². The summed E-state index contributed by atoms with van der Waals surface area (Å²) in [7, 11) is 0. The highest BCUT2D eigenvalue weighted by Gasteiger charge is 2.29. The monoisotopic (exact) mass is 159 g/mol. The van der Waals surface area contributed by atoms with Crippen LogP contribution in [0.2, 0.25) is 0 Å². The summed E-state index contributed by atoms with van der Waals surface area (Å²) in [6, 6.07) is 0. The molecule has 10 heavy (non-hydrogen) atoms. The van der Waals surface area contributed by atoms with E-state index in [9.17, 15) is 0 Å². The van der Waals surface area contributed by atoms with Gasteiger partial charge in [-0.15, -0.1) is 11.8 Å². The van der Waals surface area contributed by atoms with E-state index in [0.29, 0.717) is 12.8 Å². The normalized spacial score (nSPS) is 35.4. The van der Waals surface area contributed by atoms with Gasteiger partial charge in [-0.25, -0.2) is 0 Å². The standard InChI is InChI=1S/C6H11N2OS/c1-2-10-6(8-1)5-3-7-4-9-5/h5,7-8H,1-4H2. The highest BCUT2D eigenvalue weighted by Crippen LogP contribution is 2.27. The van der Waals surface area contributed by atoms with E-state index in [4.69, 9.17) is 4.74 Å². The topological polar surface area (TPSA) is 33.3 Å². The van der Waals surface area contributed by atoms with Crippen LogP contribution in [0.3, 0.4) is 0 Å². The third-order valence-electron chi connectivity index (χ3n) is 1.67. The minimum atomic E-state index is 0.312. The van der Waals surface area contributed by atoms with Crippen molar-refractivity contribution in [2.75, 3.05) is 25.6 Å². The number of hydrogen-bond acceptors (Lipinski definition) is 4. The first kappa shape index (κ1) is 6.91. The molecule has 3 nitrogen and oxygen atoms in total. The van der Waals surface area contributed by atoms with Crippen LogP contribution in [-0.4, -0.2) is 31.7 Å². The summed E-state index contributed by atoms with van der Waals surface area (Å²) in [5.41, 5.74) is 0. The summed E-state index contributed by atoms with van der Waals surface area (Å²) in [4.78, 5) is 0. The molecular weight excluding hydrogens is 148 g/mol. The van der Waals surface area contributed by atoms with Crippen molar-refractivity contribution >= 4 is 11.8 Å². The van der Waals surface area contributed by atoms with Crippen molar-refractivity contribution in [1.29, 1.82) is 0 Å². The van der Waals surface area contributed by atoms with Crippen LogP contribution in [0.15, 0.2) is 0 Å². The molecule has 0 aromatic heterocycles. The molecule has 2 fully saturated rings. The maximum Gasteiger partial charge on any atom is 0.123 e. The van der Waals surface area contributed by atoms with Gasteiger partial charge < -0.3 is 4.74 Å². The van der Waals surface area contributed by atoms with Gasteiger partial charge in [-0.1, -0.05) is 0 Å². The van der Waals surface area contributed by atoms with Gasteiger partial charge in [0.1, 0.15) is 11.5 Å². The minimum absolute atomic E-state index is 0.312. The lowest BCUT2D eigenvalue weighted by molar-refractivity contribution is 0.127. The zero-order chi connectivity index (χ0) is 6.81. The number of rotatable bonds is 1. The van der Waals surface area contributed by atoms with E-state index in [1.807, 2.05) is 11.8 Å². The first-order valence-electron chi connectivity index (χ1n) is 3.52. The van der Waals surface area contributed by atoms with Crippen LogP contribution in [0.5, 0.6) is 0 Å². The molecule has 1 atom stereocenters. The Kier molecular flexibility index (Phi) is 2.13. The third kappa shape index (κ3) is 1.29. The van der Waals surface area contributed by atoms with Crippen molar-refractivity contribution < 1.29 is 4.74 Å². The Morgan fingerprint density at radius 3 is 3.20 bits per heavy atom. The average molecular weight is 159 g/mol. The highest BCUT2D eigenvalue weighted by atomic mass is 32.2. The Labute approximate surface area is 64.9 Å². The average Bonchev–Trinajstić information content (AvgIpc) is 2.59. The van der Waals surface area contributed by atoms with Crippen LogP contribution in [-0.2, 0) is 4.74 Å². The first-order chi connectivity index (χ1) is 4.97. The summed E-state index contributed by atoms with van der Waals surface area (Å²) in [5.74, 6) is 1.19. The Hall–Kier alpha value is 0.230. The SMILES string of the molecule is C1CS[C](C2CNCO2)N1. The summed E-state index contributed by atoms with van der Waals surface area (Å²) >= 11 is 1.88. The third-order valence-corrected chi connectivity index (χ3v) is 2.79. The predicted molar refractivity (Wildman–Crippen MR) is 41.4 cm³/mol. The fraction of sp³-hybridized carbons (Fsp3) is 0.833. The Morgan fingerprint density at radius 2 is 2.60 bits per heavy atom. The maximum absolute atomic E-state index is 5.41. The number of hydrogen-bond donors (Lipinski definition) is 2. The van der Waals surface area contributed by atoms with Gasteiger partial charge in [-0.3, -0.25) is 10.6 Å². The van der Waals surface area contributed by atoms with Gasteiger partial charge in [0.25, 0.3) is 0 Å². The van der Waals surface area contributed by atoms with Crippen molar-refractivity contribution in [2.45, 2.75) is 6.10 Å². The molecule has 0 saturated carbocycles. The van der Waals surface area contributed by atoms with Crippen LogP contribution in [0.25, 0.3) is 0 Å². The van der Waals surface area contributed by atoms with Crippen LogP contribution < -0.4 is 10.6 Å². The highest BCUT2D eigenvalue weighted by molar-refractivity contribution is 8.02. The molecule has 57 valence electrons. The zero-order valence-corrected chi connectivity index (χ0v) is 6.54. The van der Waals surface area contributed by atoms with Gasteiger partial charge in [-0.2, -0.15) is 0 Å². The fourth-order valence-electron chi connectivity index (χ4n) is 1.17. The quantitative estimate of drug-likeness (QED) is 0.553. The van der Waals surface area contributed by atoms with E-state index in [0.717, 1.165) is 13.1 Å². The second kappa shape index (κ2) is 3.09. The second-order valence-corrected chi connectivity index (χ2v) is 3.53. The molecule has 2 aliphatic rings. The molecule has 0 bridgehead atoms. The molecule has 0 aromatic rings. The molecule has 2 N–H and O–H groups in total. The van der Waals surface area contributed by atoms with Crippen molar-refractivity contribution in [3.8, 4) is 0 Å². The maximum atomic E-state index is 5.41. The molecule has 0 amide bonds. The Morgan fingerprint density at radius 1 is 1.60 bits per heavy atom. The number of nitrogens with one attached hydrogen (secondary N) is 2. The molecule has 2 saturated heterocycles. The van der Waals surface area contributed by atoms with Gasteiger partial charge in [-0.05, 0) is 0 Å². The van der Waals surface area contributed by atoms with E-state index in [2.05, 4.69) is 10.6 Å². The molecule has 4 heteroatoms. The van der Waals surface area contributed by atoms with E-state index in [-0.39, 0.29) is 0 Å². The van der Waals surface area contributed by atoms with Crippen LogP contribution >= 0.6 is 11.8 Å². The number of thioether (sulfide) groups is 1. The Balaban J connectivity index is 1.85. The molecule has 0 spiro atoms.